The van der Waals surface area contributed by atoms with E-state index in [0.29, 0.717) is 12.2 Å². The number of amides is 2. The highest BCUT2D eigenvalue weighted by molar-refractivity contribution is 5.85. The van der Waals surface area contributed by atoms with Gasteiger partial charge in [0, 0.05) is 26.3 Å². The molecule has 1 rings (SSSR count). The first-order valence-electron chi connectivity index (χ1n) is 6.26. The van der Waals surface area contributed by atoms with Gasteiger partial charge in [0.1, 0.15) is 0 Å². The molecule has 0 aromatic heterocycles. The summed E-state index contributed by atoms with van der Waals surface area (Å²) in [5.74, 6) is -0.130. The monoisotopic (exact) mass is 263 g/mol. The summed E-state index contributed by atoms with van der Waals surface area (Å²) in [5.41, 5.74) is 7.17. The highest BCUT2D eigenvalue weighted by atomic mass is 16.2. The zero-order valence-electron chi connectivity index (χ0n) is 11.7. The summed E-state index contributed by atoms with van der Waals surface area (Å²) in [7, 11) is 3.36. The Hall–Kier alpha value is -2.04. The first-order chi connectivity index (χ1) is 8.93. The molecular weight excluding hydrogens is 242 g/mol. The van der Waals surface area contributed by atoms with E-state index in [2.05, 4.69) is 0 Å². The number of hydrogen-bond acceptors (Lipinski definition) is 3. The summed E-state index contributed by atoms with van der Waals surface area (Å²) in [6.07, 6.45) is 0.287. The van der Waals surface area contributed by atoms with E-state index in [9.17, 15) is 9.59 Å². The fourth-order valence-electron chi connectivity index (χ4n) is 1.60. The average molecular weight is 263 g/mol. The van der Waals surface area contributed by atoms with E-state index in [1.54, 1.807) is 31.1 Å². The number of nitrogen functional groups attached to an aromatic ring is 1. The lowest BCUT2D eigenvalue weighted by atomic mass is 10.1. The van der Waals surface area contributed by atoms with Gasteiger partial charge in [-0.3, -0.25) is 9.59 Å². The Morgan fingerprint density at radius 2 is 1.68 bits per heavy atom. The third kappa shape index (κ3) is 4.62. The van der Waals surface area contributed by atoms with Crippen LogP contribution in [0.25, 0.3) is 0 Å². The van der Waals surface area contributed by atoms with Gasteiger partial charge in [-0.2, -0.15) is 0 Å². The van der Waals surface area contributed by atoms with Crippen molar-refractivity contribution in [3.8, 4) is 0 Å². The molecule has 1 aromatic carbocycles. The van der Waals surface area contributed by atoms with Crippen molar-refractivity contribution in [3.05, 3.63) is 29.8 Å². The minimum atomic E-state index is -0.0764. The van der Waals surface area contributed by atoms with Gasteiger partial charge in [0.2, 0.25) is 11.8 Å². The maximum atomic E-state index is 12.1. The number of benzene rings is 1. The molecule has 0 aliphatic carbocycles. The Labute approximate surface area is 114 Å². The Morgan fingerprint density at radius 1 is 1.11 bits per heavy atom. The first kappa shape index (κ1) is 15.0. The number of nitrogens with zero attached hydrogens (tertiary/aromatic N) is 2. The quantitative estimate of drug-likeness (QED) is 0.797. The number of rotatable bonds is 5. The average Bonchev–Trinajstić information content (AvgIpc) is 2.38. The third-order valence-corrected chi connectivity index (χ3v) is 2.89. The number of hydrogen-bond donors (Lipinski definition) is 1. The fourth-order valence-corrected chi connectivity index (χ4v) is 1.60. The predicted octanol–water partition coefficient (Wildman–Crippen LogP) is 0.748. The van der Waals surface area contributed by atoms with Crippen LogP contribution in [0, 0.1) is 0 Å². The molecule has 0 unspecified atom stereocenters. The van der Waals surface area contributed by atoms with Crippen LogP contribution in [0.5, 0.6) is 0 Å². The van der Waals surface area contributed by atoms with E-state index in [1.165, 1.54) is 4.90 Å². The molecule has 5 nitrogen and oxygen atoms in total. The molecule has 0 aliphatic heterocycles. The van der Waals surface area contributed by atoms with Crippen LogP contribution in [0.2, 0.25) is 0 Å². The molecule has 2 amide bonds. The molecule has 0 saturated carbocycles. The maximum absolute atomic E-state index is 12.1. The van der Waals surface area contributed by atoms with Crippen LogP contribution < -0.4 is 5.73 Å². The molecule has 1 aromatic rings. The number of carbonyl (C=O) groups is 2. The van der Waals surface area contributed by atoms with Gasteiger partial charge < -0.3 is 15.5 Å². The van der Waals surface area contributed by atoms with Crippen molar-refractivity contribution >= 4 is 17.5 Å². The minimum Gasteiger partial charge on any atom is -0.399 e. The molecule has 0 fully saturated rings. The van der Waals surface area contributed by atoms with Crippen molar-refractivity contribution < 1.29 is 9.59 Å². The van der Waals surface area contributed by atoms with E-state index in [4.69, 9.17) is 5.73 Å². The molecule has 0 aliphatic rings. The van der Waals surface area contributed by atoms with E-state index in [0.717, 1.165) is 5.56 Å². The zero-order valence-corrected chi connectivity index (χ0v) is 11.7. The van der Waals surface area contributed by atoms with E-state index >= 15 is 0 Å². The van der Waals surface area contributed by atoms with Crippen LogP contribution in [-0.2, 0) is 16.0 Å². The summed E-state index contributed by atoms with van der Waals surface area (Å²) in [4.78, 5) is 26.8. The normalized spacial score (nSPS) is 10.1. The minimum absolute atomic E-state index is 0.0533. The van der Waals surface area contributed by atoms with Crippen LogP contribution >= 0.6 is 0 Å². The zero-order chi connectivity index (χ0) is 14.4. The van der Waals surface area contributed by atoms with E-state index in [1.807, 2.05) is 19.1 Å². The number of carbonyl (C=O) groups excluding carboxylic acids is 2. The molecule has 2 N–H and O–H groups in total. The molecule has 5 heteroatoms. The number of anilines is 1. The first-order valence-corrected chi connectivity index (χ1v) is 6.26. The van der Waals surface area contributed by atoms with Crippen molar-refractivity contribution in [2.24, 2.45) is 0 Å². The lowest BCUT2D eigenvalue weighted by Crippen LogP contribution is -2.40. The Morgan fingerprint density at radius 3 is 2.16 bits per heavy atom. The van der Waals surface area contributed by atoms with Crippen LogP contribution in [0.1, 0.15) is 12.5 Å². The lowest BCUT2D eigenvalue weighted by Gasteiger charge is -2.22. The number of likely N-dealkylation sites (N-methyl/N-ethyl adjacent to an activating group) is 2. The van der Waals surface area contributed by atoms with Gasteiger partial charge in [-0.1, -0.05) is 12.1 Å². The van der Waals surface area contributed by atoms with Crippen molar-refractivity contribution in [3.63, 3.8) is 0 Å². The van der Waals surface area contributed by atoms with Crippen molar-refractivity contribution in [1.29, 1.82) is 0 Å². The Balaban J connectivity index is 2.63. The second-order valence-corrected chi connectivity index (χ2v) is 4.61. The van der Waals surface area contributed by atoms with Gasteiger partial charge in [-0.15, -0.1) is 0 Å². The molecule has 19 heavy (non-hydrogen) atoms. The van der Waals surface area contributed by atoms with E-state index in [-0.39, 0.29) is 24.8 Å². The van der Waals surface area contributed by atoms with Gasteiger partial charge in [-0.25, -0.2) is 0 Å². The van der Waals surface area contributed by atoms with Gasteiger partial charge in [0.15, 0.2) is 0 Å². The molecule has 0 atom stereocenters. The topological polar surface area (TPSA) is 66.6 Å². The molecule has 0 heterocycles. The summed E-state index contributed by atoms with van der Waals surface area (Å²) >= 11 is 0. The van der Waals surface area contributed by atoms with Gasteiger partial charge in [0.05, 0.1) is 13.0 Å². The molecule has 0 saturated heterocycles. The molecular formula is C14H21N3O2. The van der Waals surface area contributed by atoms with Crippen molar-refractivity contribution in [1.82, 2.24) is 9.80 Å². The van der Waals surface area contributed by atoms with E-state index < -0.39 is 0 Å². The maximum Gasteiger partial charge on any atom is 0.241 e. The van der Waals surface area contributed by atoms with Crippen LogP contribution in [-0.4, -0.2) is 48.8 Å². The van der Waals surface area contributed by atoms with Crippen molar-refractivity contribution in [2.45, 2.75) is 13.3 Å². The van der Waals surface area contributed by atoms with Gasteiger partial charge in [-0.05, 0) is 24.6 Å². The predicted molar refractivity (Wildman–Crippen MR) is 75.5 cm³/mol. The summed E-state index contributed by atoms with van der Waals surface area (Å²) in [6.45, 7) is 2.51. The SMILES string of the molecule is CCN(CC(=O)N(C)C)C(=O)Cc1ccc(N)cc1. The summed E-state index contributed by atoms with van der Waals surface area (Å²) < 4.78 is 0. The molecule has 104 valence electrons. The molecule has 0 radical (unpaired) electrons. The second-order valence-electron chi connectivity index (χ2n) is 4.61. The smallest absolute Gasteiger partial charge is 0.241 e. The van der Waals surface area contributed by atoms with Gasteiger partial charge in [0.25, 0.3) is 0 Å². The van der Waals surface area contributed by atoms with Crippen LogP contribution in [0.4, 0.5) is 5.69 Å². The van der Waals surface area contributed by atoms with Crippen LogP contribution in [0.15, 0.2) is 24.3 Å². The third-order valence-electron chi connectivity index (χ3n) is 2.89. The second kappa shape index (κ2) is 6.78. The highest BCUT2D eigenvalue weighted by Gasteiger charge is 2.16. The Bertz CT molecular complexity index is 441. The lowest BCUT2D eigenvalue weighted by molar-refractivity contribution is -0.138. The highest BCUT2D eigenvalue weighted by Crippen LogP contribution is 2.07. The summed E-state index contributed by atoms with van der Waals surface area (Å²) in [5, 5.41) is 0. The Kier molecular flexibility index (Phi) is 5.36. The molecule has 0 spiro atoms. The fraction of sp³-hybridized carbons (Fsp3) is 0.429. The largest absolute Gasteiger partial charge is 0.399 e. The van der Waals surface area contributed by atoms with Crippen LogP contribution in [0.3, 0.4) is 0 Å². The van der Waals surface area contributed by atoms with Crippen molar-refractivity contribution in [2.75, 3.05) is 32.9 Å². The van der Waals surface area contributed by atoms with Gasteiger partial charge >= 0.3 is 0 Å². The summed E-state index contributed by atoms with van der Waals surface area (Å²) in [6, 6.07) is 7.19. The number of nitrogens with two attached hydrogens (primary N) is 1. The standard InChI is InChI=1S/C14H21N3O2/c1-4-17(10-14(19)16(2)3)13(18)9-11-5-7-12(15)8-6-11/h5-8H,4,9-10,15H2,1-3H3. The molecule has 0 bridgehead atoms.